The van der Waals surface area contributed by atoms with Gasteiger partial charge < -0.3 is 20.3 Å². The summed E-state index contributed by atoms with van der Waals surface area (Å²) in [7, 11) is 0. The molecule has 0 bridgehead atoms. The third-order valence-corrected chi connectivity index (χ3v) is 3.43. The number of rotatable bonds is 5. The van der Waals surface area contributed by atoms with Gasteiger partial charge in [0.2, 0.25) is 5.91 Å². The van der Waals surface area contributed by atoms with Crippen LogP contribution in [0.4, 0.5) is 5.82 Å². The molecule has 2 heterocycles. The Hall–Kier alpha value is -2.59. The van der Waals surface area contributed by atoms with Crippen LogP contribution in [0.25, 0.3) is 0 Å². The maximum Gasteiger partial charge on any atom is 0.253 e. The van der Waals surface area contributed by atoms with Crippen LogP contribution in [0.5, 0.6) is 0 Å². The zero-order chi connectivity index (χ0) is 16.7. The van der Waals surface area contributed by atoms with Gasteiger partial charge in [-0.25, -0.2) is 4.98 Å². The van der Waals surface area contributed by atoms with Crippen molar-refractivity contribution in [2.75, 3.05) is 38.2 Å². The van der Waals surface area contributed by atoms with Crippen LogP contribution in [0.15, 0.2) is 18.3 Å². The summed E-state index contributed by atoms with van der Waals surface area (Å²) in [5, 5.41) is 5.60. The number of morpholine rings is 1. The van der Waals surface area contributed by atoms with Crippen LogP contribution in [0.1, 0.15) is 17.3 Å². The molecule has 2 N–H and O–H groups in total. The first-order valence-electron chi connectivity index (χ1n) is 7.42. The topological polar surface area (TPSA) is 83.6 Å². The Morgan fingerprint density at radius 2 is 2.17 bits per heavy atom. The first-order chi connectivity index (χ1) is 11.1. The zero-order valence-electron chi connectivity index (χ0n) is 13.0. The van der Waals surface area contributed by atoms with Crippen molar-refractivity contribution >= 4 is 17.6 Å². The van der Waals surface area contributed by atoms with E-state index in [2.05, 4.69) is 21.5 Å². The third kappa shape index (κ3) is 4.69. The summed E-state index contributed by atoms with van der Waals surface area (Å²) in [5.74, 6) is 2.60. The highest BCUT2D eigenvalue weighted by atomic mass is 16.5. The number of amides is 2. The number of carbonyl (C=O) groups is 2. The molecular formula is C16H20N4O3. The second-order valence-corrected chi connectivity index (χ2v) is 5.12. The number of pyridine rings is 1. The molecule has 1 aromatic heterocycles. The quantitative estimate of drug-likeness (QED) is 0.753. The van der Waals surface area contributed by atoms with Gasteiger partial charge in [0.15, 0.2) is 0 Å². The van der Waals surface area contributed by atoms with E-state index in [-0.39, 0.29) is 18.4 Å². The first-order valence-corrected chi connectivity index (χ1v) is 7.42. The number of aromatic nitrogens is 1. The second-order valence-electron chi connectivity index (χ2n) is 5.12. The van der Waals surface area contributed by atoms with Crippen LogP contribution in [-0.2, 0) is 9.53 Å². The Morgan fingerprint density at radius 1 is 1.43 bits per heavy atom. The lowest BCUT2D eigenvalue weighted by Gasteiger charge is -2.29. The summed E-state index contributed by atoms with van der Waals surface area (Å²) in [6.45, 7) is 4.30. The van der Waals surface area contributed by atoms with Gasteiger partial charge in [0.05, 0.1) is 25.3 Å². The standard InChI is InChI=1S/C16H20N4O3/c1-3-6-17-15(21)13-4-5-14(18-11-13)19-12(2)16(22)20-7-9-23-10-8-20/h1,4-5,11-12H,6-10H2,2H3,(H,17,21)(H,18,19). The predicted octanol–water partition coefficient (Wildman–Crippen LogP) is 0.104. The van der Waals surface area contributed by atoms with Crippen LogP contribution < -0.4 is 10.6 Å². The smallest absolute Gasteiger partial charge is 0.253 e. The minimum atomic E-state index is -0.401. The molecule has 23 heavy (non-hydrogen) atoms. The summed E-state index contributed by atoms with van der Waals surface area (Å²) in [6, 6.07) is 2.89. The van der Waals surface area contributed by atoms with Crippen LogP contribution in [0.2, 0.25) is 0 Å². The van der Waals surface area contributed by atoms with Crippen molar-refractivity contribution in [1.29, 1.82) is 0 Å². The lowest BCUT2D eigenvalue weighted by atomic mass is 10.2. The van der Waals surface area contributed by atoms with E-state index < -0.39 is 6.04 Å². The Balaban J connectivity index is 1.90. The monoisotopic (exact) mass is 316 g/mol. The Kier molecular flexibility index (Phi) is 5.94. The minimum Gasteiger partial charge on any atom is -0.378 e. The molecule has 1 aliphatic heterocycles. The molecular weight excluding hydrogens is 296 g/mol. The van der Waals surface area contributed by atoms with Gasteiger partial charge in [-0.15, -0.1) is 6.42 Å². The van der Waals surface area contributed by atoms with Gasteiger partial charge in [-0.05, 0) is 19.1 Å². The number of anilines is 1. The summed E-state index contributed by atoms with van der Waals surface area (Å²) < 4.78 is 5.23. The number of nitrogens with zero attached hydrogens (tertiary/aromatic N) is 2. The molecule has 7 heteroatoms. The van der Waals surface area contributed by atoms with E-state index in [0.717, 1.165) is 0 Å². The van der Waals surface area contributed by atoms with E-state index in [4.69, 9.17) is 11.2 Å². The fourth-order valence-electron chi connectivity index (χ4n) is 2.19. The fraction of sp³-hybridized carbons (Fsp3) is 0.438. The first kappa shape index (κ1) is 16.8. The van der Waals surface area contributed by atoms with Gasteiger partial charge in [0, 0.05) is 19.3 Å². The molecule has 1 unspecified atom stereocenters. The number of terminal acetylenes is 1. The molecule has 0 aliphatic carbocycles. The molecule has 7 nitrogen and oxygen atoms in total. The average Bonchev–Trinajstić information content (AvgIpc) is 2.60. The third-order valence-electron chi connectivity index (χ3n) is 3.43. The predicted molar refractivity (Wildman–Crippen MR) is 85.9 cm³/mol. The number of hydrogen-bond donors (Lipinski definition) is 2. The normalized spacial score (nSPS) is 15.4. The van der Waals surface area contributed by atoms with E-state index in [1.807, 2.05) is 0 Å². The van der Waals surface area contributed by atoms with E-state index in [1.54, 1.807) is 24.0 Å². The van der Waals surface area contributed by atoms with Gasteiger partial charge in [-0.2, -0.15) is 0 Å². The number of nitrogens with one attached hydrogen (secondary N) is 2. The molecule has 2 amide bonds. The summed E-state index contributed by atoms with van der Waals surface area (Å²) in [6.07, 6.45) is 6.53. The molecule has 1 atom stereocenters. The van der Waals surface area contributed by atoms with Crippen LogP contribution >= 0.6 is 0 Å². The highest BCUT2D eigenvalue weighted by molar-refractivity contribution is 5.94. The SMILES string of the molecule is C#CCNC(=O)c1ccc(NC(C)C(=O)N2CCOCC2)nc1. The summed E-state index contributed by atoms with van der Waals surface area (Å²) >= 11 is 0. The lowest BCUT2D eigenvalue weighted by molar-refractivity contribution is -0.135. The Morgan fingerprint density at radius 3 is 2.78 bits per heavy atom. The van der Waals surface area contributed by atoms with Crippen molar-refractivity contribution in [2.24, 2.45) is 0 Å². The molecule has 0 spiro atoms. The number of hydrogen-bond acceptors (Lipinski definition) is 5. The molecule has 0 radical (unpaired) electrons. The summed E-state index contributed by atoms with van der Waals surface area (Å²) in [4.78, 5) is 29.9. The van der Waals surface area contributed by atoms with Crippen LogP contribution in [-0.4, -0.2) is 60.6 Å². The number of ether oxygens (including phenoxy) is 1. The van der Waals surface area contributed by atoms with Gasteiger partial charge in [-0.3, -0.25) is 9.59 Å². The van der Waals surface area contributed by atoms with Gasteiger partial charge >= 0.3 is 0 Å². The zero-order valence-corrected chi connectivity index (χ0v) is 13.0. The molecule has 1 aromatic rings. The van der Waals surface area contributed by atoms with Crippen molar-refractivity contribution in [3.63, 3.8) is 0 Å². The average molecular weight is 316 g/mol. The van der Waals surface area contributed by atoms with Crippen LogP contribution in [0, 0.1) is 12.3 Å². The van der Waals surface area contributed by atoms with E-state index in [0.29, 0.717) is 37.7 Å². The largest absolute Gasteiger partial charge is 0.378 e. The van der Waals surface area contributed by atoms with Crippen molar-refractivity contribution in [3.05, 3.63) is 23.9 Å². The number of carbonyl (C=O) groups excluding carboxylic acids is 2. The maximum atomic E-state index is 12.3. The minimum absolute atomic E-state index is 0.00550. The fourth-order valence-corrected chi connectivity index (χ4v) is 2.19. The molecule has 0 saturated carbocycles. The van der Waals surface area contributed by atoms with Crippen molar-refractivity contribution < 1.29 is 14.3 Å². The van der Waals surface area contributed by atoms with E-state index >= 15 is 0 Å². The Bertz CT molecular complexity index is 588. The van der Waals surface area contributed by atoms with Crippen molar-refractivity contribution in [1.82, 2.24) is 15.2 Å². The van der Waals surface area contributed by atoms with E-state index in [1.165, 1.54) is 6.20 Å². The van der Waals surface area contributed by atoms with Gasteiger partial charge in [0.1, 0.15) is 11.9 Å². The maximum absolute atomic E-state index is 12.3. The molecule has 1 aliphatic rings. The lowest BCUT2D eigenvalue weighted by Crippen LogP contribution is -2.47. The molecule has 2 rings (SSSR count). The van der Waals surface area contributed by atoms with Gasteiger partial charge in [0.25, 0.3) is 5.91 Å². The van der Waals surface area contributed by atoms with Crippen molar-refractivity contribution in [2.45, 2.75) is 13.0 Å². The van der Waals surface area contributed by atoms with Gasteiger partial charge in [-0.1, -0.05) is 5.92 Å². The van der Waals surface area contributed by atoms with E-state index in [9.17, 15) is 9.59 Å². The summed E-state index contributed by atoms with van der Waals surface area (Å²) in [5.41, 5.74) is 0.415. The van der Waals surface area contributed by atoms with Crippen LogP contribution in [0.3, 0.4) is 0 Å². The molecule has 122 valence electrons. The molecule has 1 saturated heterocycles. The Labute approximate surface area is 135 Å². The highest BCUT2D eigenvalue weighted by Gasteiger charge is 2.22. The molecule has 1 fully saturated rings. The van der Waals surface area contributed by atoms with Crippen molar-refractivity contribution in [3.8, 4) is 12.3 Å². The highest BCUT2D eigenvalue weighted by Crippen LogP contribution is 2.09. The second kappa shape index (κ2) is 8.15. The molecule has 0 aromatic carbocycles.